The fourth-order valence-electron chi connectivity index (χ4n) is 2.27. The highest BCUT2D eigenvalue weighted by Crippen LogP contribution is 2.29. The predicted octanol–water partition coefficient (Wildman–Crippen LogP) is 4.43. The highest BCUT2D eigenvalue weighted by Gasteiger charge is 2.10. The summed E-state index contributed by atoms with van der Waals surface area (Å²) < 4.78 is 0. The Labute approximate surface area is 128 Å². The lowest BCUT2D eigenvalue weighted by Gasteiger charge is -2.12. The average Bonchev–Trinajstić information content (AvgIpc) is 2.97. The zero-order valence-electron chi connectivity index (χ0n) is 12.2. The molecule has 2 N–H and O–H groups in total. The van der Waals surface area contributed by atoms with E-state index in [9.17, 15) is 0 Å². The van der Waals surface area contributed by atoms with Crippen LogP contribution in [0.3, 0.4) is 0 Å². The molecule has 0 spiro atoms. The average molecular weight is 298 g/mol. The number of anilines is 3. The number of rotatable bonds is 5. The first-order valence-electron chi connectivity index (χ1n) is 7.15. The number of benzene rings is 1. The van der Waals surface area contributed by atoms with Crippen LogP contribution in [0.2, 0.25) is 0 Å². The van der Waals surface area contributed by atoms with Crippen LogP contribution in [0.25, 0.3) is 10.2 Å². The molecular weight excluding hydrogens is 280 g/mol. The highest BCUT2D eigenvalue weighted by atomic mass is 32.1. The Kier molecular flexibility index (Phi) is 4.01. The molecule has 0 amide bonds. The van der Waals surface area contributed by atoms with Gasteiger partial charge in [0.15, 0.2) is 0 Å². The first-order chi connectivity index (χ1) is 10.3. The number of hydrogen-bond acceptors (Lipinski definition) is 5. The molecule has 0 aliphatic rings. The third-order valence-electron chi connectivity index (χ3n) is 3.31. The monoisotopic (exact) mass is 298 g/mol. The summed E-state index contributed by atoms with van der Waals surface area (Å²) in [4.78, 5) is 10.1. The first kappa shape index (κ1) is 13.8. The zero-order chi connectivity index (χ0) is 14.7. The molecule has 21 heavy (non-hydrogen) atoms. The molecule has 0 saturated carbocycles. The number of nitrogens with zero attached hydrogens (tertiary/aromatic N) is 2. The van der Waals surface area contributed by atoms with Gasteiger partial charge in [-0.1, -0.05) is 25.1 Å². The van der Waals surface area contributed by atoms with Gasteiger partial charge in [-0.25, -0.2) is 4.98 Å². The van der Waals surface area contributed by atoms with Crippen LogP contribution in [0.5, 0.6) is 0 Å². The minimum Gasteiger partial charge on any atom is -0.354 e. The third-order valence-corrected chi connectivity index (χ3v) is 4.12. The molecule has 1 aromatic carbocycles. The lowest BCUT2D eigenvalue weighted by molar-refractivity contribution is 1.11. The van der Waals surface area contributed by atoms with Gasteiger partial charge in [0, 0.05) is 12.2 Å². The molecule has 2 heterocycles. The second-order valence-electron chi connectivity index (χ2n) is 4.70. The van der Waals surface area contributed by atoms with Gasteiger partial charge in [-0.3, -0.25) is 0 Å². The van der Waals surface area contributed by atoms with Gasteiger partial charge in [-0.2, -0.15) is 4.98 Å². The van der Waals surface area contributed by atoms with Gasteiger partial charge in [0.1, 0.15) is 10.6 Å². The standard InChI is InChI=1S/C16H18N4S/c1-3-11-7-5-6-8-13(11)18-14-12-9-10-21-15(12)20-16(19-14)17-4-2/h5-10H,3-4H2,1-2H3,(H2,17,18,19,20). The van der Waals surface area contributed by atoms with Crippen molar-refractivity contribution in [3.8, 4) is 0 Å². The number of thiophene rings is 1. The maximum Gasteiger partial charge on any atom is 0.226 e. The highest BCUT2D eigenvalue weighted by molar-refractivity contribution is 7.16. The molecule has 4 nitrogen and oxygen atoms in total. The third kappa shape index (κ3) is 2.83. The van der Waals surface area contributed by atoms with Crippen molar-refractivity contribution in [1.29, 1.82) is 0 Å². The molecule has 0 unspecified atom stereocenters. The van der Waals surface area contributed by atoms with Crippen LogP contribution in [-0.4, -0.2) is 16.5 Å². The zero-order valence-corrected chi connectivity index (χ0v) is 13.0. The molecule has 108 valence electrons. The smallest absolute Gasteiger partial charge is 0.226 e. The Morgan fingerprint density at radius 3 is 2.76 bits per heavy atom. The van der Waals surface area contributed by atoms with E-state index in [4.69, 9.17) is 0 Å². The second-order valence-corrected chi connectivity index (χ2v) is 5.60. The molecule has 2 aromatic heterocycles. The Morgan fingerprint density at radius 1 is 1.10 bits per heavy atom. The molecule has 3 aromatic rings. The fourth-order valence-corrected chi connectivity index (χ4v) is 3.03. The van der Waals surface area contributed by atoms with Gasteiger partial charge >= 0.3 is 0 Å². The molecule has 0 aliphatic carbocycles. The molecule has 0 saturated heterocycles. The summed E-state index contributed by atoms with van der Waals surface area (Å²) in [6.45, 7) is 5.01. The minimum atomic E-state index is 0.670. The van der Waals surface area contributed by atoms with Crippen molar-refractivity contribution >= 4 is 39.0 Å². The second kappa shape index (κ2) is 6.10. The van der Waals surface area contributed by atoms with Crippen LogP contribution in [0.15, 0.2) is 35.7 Å². The van der Waals surface area contributed by atoms with Gasteiger partial charge in [0.25, 0.3) is 0 Å². The lowest BCUT2D eigenvalue weighted by atomic mass is 10.1. The summed E-state index contributed by atoms with van der Waals surface area (Å²) in [6, 6.07) is 10.4. The molecular formula is C16H18N4S. The fraction of sp³-hybridized carbons (Fsp3) is 0.250. The number of hydrogen-bond donors (Lipinski definition) is 2. The van der Waals surface area contributed by atoms with Gasteiger partial charge < -0.3 is 10.6 Å². The van der Waals surface area contributed by atoms with E-state index in [1.165, 1.54) is 5.56 Å². The van der Waals surface area contributed by atoms with Crippen molar-refractivity contribution in [1.82, 2.24) is 9.97 Å². The minimum absolute atomic E-state index is 0.670. The summed E-state index contributed by atoms with van der Waals surface area (Å²) in [6.07, 6.45) is 0.987. The van der Waals surface area contributed by atoms with E-state index in [2.05, 4.69) is 51.8 Å². The van der Waals surface area contributed by atoms with E-state index in [1.54, 1.807) is 11.3 Å². The van der Waals surface area contributed by atoms with Gasteiger partial charge in [0.2, 0.25) is 5.95 Å². The maximum atomic E-state index is 4.61. The maximum absolute atomic E-state index is 4.61. The summed E-state index contributed by atoms with van der Waals surface area (Å²) in [5, 5.41) is 9.77. The molecule has 0 bridgehead atoms. The molecule has 5 heteroatoms. The summed E-state index contributed by atoms with van der Waals surface area (Å²) in [5.74, 6) is 1.53. The van der Waals surface area contributed by atoms with Crippen LogP contribution in [0.4, 0.5) is 17.5 Å². The van der Waals surface area contributed by atoms with Crippen molar-refractivity contribution in [3.63, 3.8) is 0 Å². The summed E-state index contributed by atoms with van der Waals surface area (Å²) in [5.41, 5.74) is 2.39. The van der Waals surface area contributed by atoms with E-state index in [0.29, 0.717) is 5.95 Å². The lowest BCUT2D eigenvalue weighted by Crippen LogP contribution is -2.05. The van der Waals surface area contributed by atoms with Crippen LogP contribution >= 0.6 is 11.3 Å². The number of aryl methyl sites for hydroxylation is 1. The Bertz CT molecular complexity index is 751. The number of para-hydroxylation sites is 1. The van der Waals surface area contributed by atoms with Gasteiger partial charge in [0.05, 0.1) is 5.39 Å². The van der Waals surface area contributed by atoms with Crippen LogP contribution in [0.1, 0.15) is 19.4 Å². The quantitative estimate of drug-likeness (QED) is 0.731. The van der Waals surface area contributed by atoms with Crippen molar-refractivity contribution in [2.45, 2.75) is 20.3 Å². The normalized spacial score (nSPS) is 10.8. The van der Waals surface area contributed by atoms with Crippen LogP contribution in [0, 0.1) is 0 Å². The van der Waals surface area contributed by atoms with Crippen LogP contribution < -0.4 is 10.6 Å². The van der Waals surface area contributed by atoms with Gasteiger partial charge in [-0.15, -0.1) is 11.3 Å². The topological polar surface area (TPSA) is 49.8 Å². The van der Waals surface area contributed by atoms with E-state index in [0.717, 1.165) is 34.7 Å². The van der Waals surface area contributed by atoms with Crippen molar-refractivity contribution < 1.29 is 0 Å². The predicted molar refractivity (Wildman–Crippen MR) is 90.7 cm³/mol. The van der Waals surface area contributed by atoms with Crippen molar-refractivity contribution in [2.75, 3.05) is 17.2 Å². The Morgan fingerprint density at radius 2 is 1.95 bits per heavy atom. The summed E-state index contributed by atoms with van der Waals surface area (Å²) in [7, 11) is 0. The molecule has 0 fully saturated rings. The molecule has 0 radical (unpaired) electrons. The van der Waals surface area contributed by atoms with E-state index < -0.39 is 0 Å². The Hall–Kier alpha value is -2.14. The van der Waals surface area contributed by atoms with Crippen LogP contribution in [-0.2, 0) is 6.42 Å². The largest absolute Gasteiger partial charge is 0.354 e. The van der Waals surface area contributed by atoms with E-state index in [-0.39, 0.29) is 0 Å². The molecule has 3 rings (SSSR count). The molecule has 0 atom stereocenters. The Balaban J connectivity index is 2.04. The van der Waals surface area contributed by atoms with E-state index >= 15 is 0 Å². The number of aromatic nitrogens is 2. The number of fused-ring (bicyclic) bond motifs is 1. The molecule has 0 aliphatic heterocycles. The first-order valence-corrected chi connectivity index (χ1v) is 8.03. The van der Waals surface area contributed by atoms with Gasteiger partial charge in [-0.05, 0) is 36.4 Å². The van der Waals surface area contributed by atoms with Crippen molar-refractivity contribution in [3.05, 3.63) is 41.3 Å². The number of nitrogens with one attached hydrogen (secondary N) is 2. The van der Waals surface area contributed by atoms with E-state index in [1.807, 2.05) is 18.4 Å². The SMILES string of the molecule is CCNc1nc(Nc2ccccc2CC)c2ccsc2n1. The van der Waals surface area contributed by atoms with Crippen molar-refractivity contribution in [2.24, 2.45) is 0 Å². The summed E-state index contributed by atoms with van der Waals surface area (Å²) >= 11 is 1.63.